The van der Waals surface area contributed by atoms with Crippen LogP contribution in [0, 0.1) is 24.7 Å². The summed E-state index contributed by atoms with van der Waals surface area (Å²) in [5.74, 6) is 4.71. The van der Waals surface area contributed by atoms with Gasteiger partial charge < -0.3 is 21.7 Å². The van der Waals surface area contributed by atoms with Crippen LogP contribution in [0.1, 0.15) is 24.0 Å². The molecule has 0 aliphatic heterocycles. The van der Waals surface area contributed by atoms with Crippen LogP contribution in [-0.4, -0.2) is 12.3 Å². The van der Waals surface area contributed by atoms with Crippen molar-refractivity contribution >= 4 is 75.6 Å². The first-order chi connectivity index (χ1) is 28.7. The van der Waals surface area contributed by atoms with Crippen LogP contribution in [0.4, 0.5) is 0 Å². The largest absolute Gasteiger partial charge is 1.00 e. The van der Waals surface area contributed by atoms with Gasteiger partial charge in [0.1, 0.15) is 34.7 Å². The number of allylic oxidation sites excluding steroid dienone is 4. The predicted molar refractivity (Wildman–Crippen MR) is 251 cm³/mol. The summed E-state index contributed by atoms with van der Waals surface area (Å²) < 4.78 is 11.3. The Balaban J connectivity index is 0.000000160. The van der Waals surface area contributed by atoms with E-state index in [2.05, 4.69) is 121 Å². The molecule has 0 radical (unpaired) electrons. The zero-order valence-corrected chi connectivity index (χ0v) is 39.1. The van der Waals surface area contributed by atoms with Crippen LogP contribution in [0.3, 0.4) is 0 Å². The van der Waals surface area contributed by atoms with E-state index in [-0.39, 0.29) is 44.8 Å². The second-order valence-corrected chi connectivity index (χ2v) is 19.3. The minimum absolute atomic E-state index is 0. The third-order valence-electron chi connectivity index (χ3n) is 10.4. The van der Waals surface area contributed by atoms with E-state index in [1.165, 1.54) is 35.8 Å². The SMILES string of the molecule is C1=CC([PH+](CC[PH+](c2ccccc2)c2ccccc2)c2ccccc2)=CCC1.[Au+].[Au+].[C-]#Cc1ccc2c(c1)oc1ccccc12.[C-]#Cc1ccc2c(c1)oc1ccccc12. The van der Waals surface area contributed by atoms with Crippen LogP contribution in [0.25, 0.3) is 43.9 Å². The van der Waals surface area contributed by atoms with Crippen LogP contribution < -0.4 is 15.9 Å². The zero-order valence-electron chi connectivity index (χ0n) is 32.7. The van der Waals surface area contributed by atoms with Crippen molar-refractivity contribution in [3.05, 3.63) is 223 Å². The van der Waals surface area contributed by atoms with Gasteiger partial charge >= 0.3 is 44.8 Å². The van der Waals surface area contributed by atoms with Gasteiger partial charge in [0.2, 0.25) is 0 Å². The van der Waals surface area contributed by atoms with E-state index in [9.17, 15) is 0 Å². The van der Waals surface area contributed by atoms with Gasteiger partial charge in [-0.1, -0.05) is 121 Å². The monoisotopic (exact) mass is 1180 g/mol. The topological polar surface area (TPSA) is 26.3 Å². The summed E-state index contributed by atoms with van der Waals surface area (Å²) in [6.45, 7) is 0. The maximum atomic E-state index is 7.06. The first-order valence-corrected chi connectivity index (χ1v) is 23.0. The Morgan fingerprint density at radius 3 is 1.27 bits per heavy atom. The molecule has 0 fully saturated rings. The fourth-order valence-electron chi connectivity index (χ4n) is 7.52. The molecule has 300 valence electrons. The fraction of sp³-hybridized carbons (Fsp3) is 0.0741. The summed E-state index contributed by atoms with van der Waals surface area (Å²) in [4.78, 5) is 0. The molecular weight excluding hydrogens is 1140 g/mol. The van der Waals surface area contributed by atoms with E-state index in [1.54, 1.807) is 10.6 Å². The standard InChI is InChI=1S/C26H26P2.2C14H7O.2Au/c1-5-13-23(14-6-1)27(24-15-7-2-8-16-24)21-22-28(25-17-9-3-10-18-25)26-19-11-4-12-20-26;2*1-2-10-7-8-12-11-5-3-4-6-13(11)15-14(12)9-10;;/h1-3,5-11,13-20H,4,12,21-22H2;2*3-9H;;/q;2*-1;2*+1/p+2. The molecule has 2 heterocycles. The maximum Gasteiger partial charge on any atom is 1.00 e. The first-order valence-electron chi connectivity index (χ1n) is 19.6. The number of benzene rings is 7. The molecule has 2 nitrogen and oxygen atoms in total. The molecule has 1 aliphatic rings. The predicted octanol–water partition coefficient (Wildman–Crippen LogP) is 12.7. The molecule has 1 aliphatic carbocycles. The van der Waals surface area contributed by atoms with Crippen LogP contribution in [-0.2, 0) is 44.8 Å². The van der Waals surface area contributed by atoms with Crippen LogP contribution in [0.15, 0.2) is 208 Å². The molecule has 0 bridgehead atoms. The summed E-state index contributed by atoms with van der Waals surface area (Å²) in [5.41, 5.74) is 4.87. The number of para-hydroxylation sites is 2. The average Bonchev–Trinajstić information content (AvgIpc) is 3.87. The fourth-order valence-corrected chi connectivity index (χ4v) is 13.8. The van der Waals surface area contributed by atoms with E-state index in [0.717, 1.165) is 55.0 Å². The second kappa shape index (κ2) is 22.1. The van der Waals surface area contributed by atoms with Crippen molar-refractivity contribution in [3.63, 3.8) is 0 Å². The van der Waals surface area contributed by atoms with Crippen molar-refractivity contribution in [2.24, 2.45) is 0 Å². The Hall–Kier alpha value is -4.92. The van der Waals surface area contributed by atoms with Crippen molar-refractivity contribution in [1.82, 2.24) is 0 Å². The van der Waals surface area contributed by atoms with E-state index in [1.807, 2.05) is 84.9 Å². The van der Waals surface area contributed by atoms with E-state index in [4.69, 9.17) is 21.7 Å². The van der Waals surface area contributed by atoms with Crippen molar-refractivity contribution in [1.29, 1.82) is 0 Å². The van der Waals surface area contributed by atoms with Gasteiger partial charge in [0.05, 0.1) is 37.1 Å². The Kier molecular flexibility index (Phi) is 16.4. The summed E-state index contributed by atoms with van der Waals surface area (Å²) in [6, 6.07) is 60.8. The molecule has 0 N–H and O–H groups in total. The quantitative estimate of drug-likeness (QED) is 0.0688. The molecule has 60 heavy (non-hydrogen) atoms. The normalized spacial score (nSPS) is 12.2. The number of rotatable bonds is 7. The van der Waals surface area contributed by atoms with Crippen molar-refractivity contribution in [3.8, 4) is 11.8 Å². The van der Waals surface area contributed by atoms with Crippen molar-refractivity contribution in [2.75, 3.05) is 12.3 Å². The smallest absolute Gasteiger partial charge is 0.458 e. The van der Waals surface area contributed by atoms with E-state index >= 15 is 0 Å². The number of hydrogen-bond donors (Lipinski definition) is 0. The van der Waals surface area contributed by atoms with E-state index in [0.29, 0.717) is 0 Å². The minimum Gasteiger partial charge on any atom is -0.458 e. The zero-order chi connectivity index (χ0) is 39.5. The molecular formula is C54H42Au2O2P2+2. The molecule has 6 heteroatoms. The summed E-state index contributed by atoms with van der Waals surface area (Å²) >= 11 is 0. The minimum atomic E-state index is -0.765. The first kappa shape index (κ1) is 44.6. The Labute approximate surface area is 386 Å². The van der Waals surface area contributed by atoms with Crippen LogP contribution in [0.2, 0.25) is 0 Å². The molecule has 0 amide bonds. The summed E-state index contributed by atoms with van der Waals surface area (Å²) in [5, 5.41) is 10.6. The van der Waals surface area contributed by atoms with Gasteiger partial charge in [-0.2, -0.15) is 0 Å². The van der Waals surface area contributed by atoms with Crippen LogP contribution >= 0.6 is 15.8 Å². The molecule has 10 rings (SSSR count). The Morgan fingerprint density at radius 1 is 0.433 bits per heavy atom. The molecule has 0 saturated carbocycles. The third kappa shape index (κ3) is 10.7. The number of fused-ring (bicyclic) bond motifs is 6. The summed E-state index contributed by atoms with van der Waals surface area (Å²) in [6.07, 6.45) is 26.4. The Morgan fingerprint density at radius 2 is 0.833 bits per heavy atom. The summed E-state index contributed by atoms with van der Waals surface area (Å²) in [7, 11) is -1.50. The van der Waals surface area contributed by atoms with Gasteiger partial charge in [-0.05, 0) is 73.5 Å². The van der Waals surface area contributed by atoms with Gasteiger partial charge in [-0.25, -0.2) is 0 Å². The number of furan rings is 2. The molecule has 2 aromatic heterocycles. The van der Waals surface area contributed by atoms with Gasteiger partial charge in [-0.15, -0.1) is 23.3 Å². The van der Waals surface area contributed by atoms with Crippen LogP contribution in [0.5, 0.6) is 0 Å². The van der Waals surface area contributed by atoms with Gasteiger partial charge in [0.25, 0.3) is 0 Å². The average molecular weight is 1180 g/mol. The van der Waals surface area contributed by atoms with Crippen molar-refractivity contribution < 1.29 is 53.6 Å². The second-order valence-electron chi connectivity index (χ2n) is 14.1. The molecule has 0 saturated heterocycles. The van der Waals surface area contributed by atoms with Gasteiger partial charge in [0, 0.05) is 21.5 Å². The molecule has 9 aromatic rings. The third-order valence-corrected chi connectivity index (χ3v) is 16.5. The van der Waals surface area contributed by atoms with Gasteiger partial charge in [0.15, 0.2) is 0 Å². The van der Waals surface area contributed by atoms with Gasteiger partial charge in [-0.3, -0.25) is 11.8 Å². The number of hydrogen-bond acceptors (Lipinski definition) is 2. The molecule has 1 unspecified atom stereocenters. The molecule has 1 atom stereocenters. The molecule has 7 aromatic carbocycles. The van der Waals surface area contributed by atoms with E-state index < -0.39 is 15.8 Å². The maximum absolute atomic E-state index is 7.06. The Bertz CT molecular complexity index is 2770. The molecule has 0 spiro atoms. The van der Waals surface area contributed by atoms with Crippen molar-refractivity contribution in [2.45, 2.75) is 12.8 Å².